The Morgan fingerprint density at radius 2 is 1.32 bits per heavy atom. The molecule has 0 saturated carbocycles. The summed E-state index contributed by atoms with van der Waals surface area (Å²) >= 11 is 1.90. The Balaban J connectivity index is 1.15. The van der Waals surface area contributed by atoms with Crippen LogP contribution >= 0.6 is 11.8 Å². The summed E-state index contributed by atoms with van der Waals surface area (Å²) in [5.41, 5.74) is 9.87. The first-order valence-corrected chi connectivity index (χ1v) is 18.8. The molecule has 5 heterocycles. The summed E-state index contributed by atoms with van der Waals surface area (Å²) < 4.78 is 2.41. The Kier molecular flexibility index (Phi) is 6.50. The number of benzene rings is 6. The predicted molar refractivity (Wildman–Crippen MR) is 220 cm³/mol. The molecule has 5 heteroatoms. The van der Waals surface area contributed by atoms with Crippen LogP contribution in [0.2, 0.25) is 0 Å². The fourth-order valence-corrected chi connectivity index (χ4v) is 10.2. The quantitative estimate of drug-likeness (QED) is 0.173. The summed E-state index contributed by atoms with van der Waals surface area (Å²) in [5, 5.41) is 8.33. The van der Waals surface area contributed by atoms with Gasteiger partial charge in [0.15, 0.2) is 0 Å². The molecule has 0 N–H and O–H groups in total. The smallest absolute Gasteiger partial charge is 0.138 e. The van der Waals surface area contributed by atoms with Crippen LogP contribution in [-0.2, 0) is 5.41 Å². The molecule has 0 amide bonds. The van der Waals surface area contributed by atoms with Gasteiger partial charge in [0.05, 0.1) is 27.9 Å². The van der Waals surface area contributed by atoms with Gasteiger partial charge < -0.3 is 0 Å². The molecule has 11 rings (SSSR count). The molecule has 0 saturated heterocycles. The van der Waals surface area contributed by atoms with Gasteiger partial charge in [0, 0.05) is 60.3 Å². The van der Waals surface area contributed by atoms with E-state index >= 15 is 0 Å². The van der Waals surface area contributed by atoms with Gasteiger partial charge in [-0.3, -0.25) is 9.55 Å². The van der Waals surface area contributed by atoms with E-state index in [2.05, 4.69) is 151 Å². The molecule has 0 atom stereocenters. The fourth-order valence-electron chi connectivity index (χ4n) is 8.61. The van der Waals surface area contributed by atoms with Gasteiger partial charge in [-0.25, -0.2) is 9.97 Å². The topological polar surface area (TPSA) is 43.6 Å². The van der Waals surface area contributed by atoms with Crippen molar-refractivity contribution in [3.05, 3.63) is 169 Å². The Morgan fingerprint density at radius 3 is 2.19 bits per heavy atom. The van der Waals surface area contributed by atoms with Gasteiger partial charge in [-0.15, -0.1) is 0 Å². The molecule has 1 aliphatic rings. The van der Waals surface area contributed by atoms with Crippen LogP contribution in [-0.4, -0.2) is 19.5 Å². The van der Waals surface area contributed by atoms with Crippen molar-refractivity contribution in [3.63, 3.8) is 0 Å². The van der Waals surface area contributed by atoms with Crippen molar-refractivity contribution in [1.82, 2.24) is 19.5 Å². The predicted octanol–water partition coefficient (Wildman–Crippen LogP) is 12.6. The highest BCUT2D eigenvalue weighted by Crippen LogP contribution is 2.56. The van der Waals surface area contributed by atoms with Crippen molar-refractivity contribution in [2.45, 2.75) is 29.1 Å². The number of hydrogen-bond acceptors (Lipinski definition) is 4. The lowest BCUT2D eigenvalue weighted by Gasteiger charge is -2.36. The second-order valence-corrected chi connectivity index (χ2v) is 15.5. The van der Waals surface area contributed by atoms with Crippen LogP contribution in [0.25, 0.3) is 82.6 Å². The van der Waals surface area contributed by atoms with Crippen LogP contribution in [0, 0.1) is 0 Å². The molecule has 0 bridgehead atoms. The third kappa shape index (κ3) is 4.47. The lowest BCUT2D eigenvalue weighted by atomic mass is 9.75. The zero-order valence-corrected chi connectivity index (χ0v) is 30.0. The summed E-state index contributed by atoms with van der Waals surface area (Å²) in [6.45, 7) is 4.76. The van der Waals surface area contributed by atoms with Crippen LogP contribution in [0.1, 0.15) is 25.0 Å². The fraction of sp³-hybridized carbons (Fsp3) is 0.0625. The summed E-state index contributed by atoms with van der Waals surface area (Å²) in [6.07, 6.45) is 3.85. The third-order valence-corrected chi connectivity index (χ3v) is 12.3. The van der Waals surface area contributed by atoms with Crippen molar-refractivity contribution >= 4 is 66.0 Å². The highest BCUT2D eigenvalue weighted by atomic mass is 32.2. The Bertz CT molecular complexity index is 3120. The average Bonchev–Trinajstić information content (AvgIpc) is 3.56. The van der Waals surface area contributed by atoms with Crippen molar-refractivity contribution < 1.29 is 0 Å². The third-order valence-electron chi connectivity index (χ3n) is 11.1. The number of nitrogens with zero attached hydrogens (tertiary/aromatic N) is 4. The monoisotopic (exact) mass is 696 g/mol. The largest absolute Gasteiger partial charge is 0.293 e. The van der Waals surface area contributed by atoms with Crippen LogP contribution in [0.5, 0.6) is 0 Å². The van der Waals surface area contributed by atoms with Gasteiger partial charge in [0.25, 0.3) is 0 Å². The van der Waals surface area contributed by atoms with E-state index in [0.29, 0.717) is 0 Å². The SMILES string of the molecule is CC1(C)c2ccccc2Sc2c1c1ccccc1c1c3ccccc3n(-c3cc4ccc5ccc(-c6cccc(-c7ccccn7)c6)nc5c4cn3)c21. The van der Waals surface area contributed by atoms with Gasteiger partial charge in [0.2, 0.25) is 0 Å². The molecule has 53 heavy (non-hydrogen) atoms. The number of aromatic nitrogens is 4. The maximum absolute atomic E-state index is 5.27. The van der Waals surface area contributed by atoms with Crippen LogP contribution < -0.4 is 0 Å². The number of rotatable bonds is 3. The summed E-state index contributed by atoms with van der Waals surface area (Å²) in [5.74, 6) is 0.900. The van der Waals surface area contributed by atoms with E-state index in [1.165, 1.54) is 48.0 Å². The second-order valence-electron chi connectivity index (χ2n) is 14.4. The lowest BCUT2D eigenvalue weighted by molar-refractivity contribution is 0.615. The first kappa shape index (κ1) is 30.3. The molecule has 6 aromatic carbocycles. The standard InChI is InChI=1S/C48H32N4S/c1-48(2)37-17-6-8-20-41(37)53-47-44(48)34-15-4-3-14-33(34)43-35-16-5-7-19-40(35)52(46(43)47)42-27-30-22-21-29-23-24-39(51-45(29)36(30)28-50-42)32-13-11-12-31(26-32)38-18-9-10-25-49-38/h3-28H,1-2H3. The van der Waals surface area contributed by atoms with Gasteiger partial charge >= 0.3 is 0 Å². The molecule has 0 radical (unpaired) electrons. The highest BCUT2D eigenvalue weighted by molar-refractivity contribution is 7.99. The molecule has 4 nitrogen and oxygen atoms in total. The van der Waals surface area contributed by atoms with Gasteiger partial charge in [-0.2, -0.15) is 0 Å². The van der Waals surface area contributed by atoms with Gasteiger partial charge in [0.1, 0.15) is 5.82 Å². The van der Waals surface area contributed by atoms with E-state index < -0.39 is 0 Å². The molecular formula is C48H32N4S. The molecule has 0 spiro atoms. The van der Waals surface area contributed by atoms with E-state index in [0.717, 1.165) is 55.5 Å². The normalized spacial score (nSPS) is 13.5. The Morgan fingerprint density at radius 1 is 0.585 bits per heavy atom. The lowest BCUT2D eigenvalue weighted by Crippen LogP contribution is -2.24. The van der Waals surface area contributed by atoms with Crippen molar-refractivity contribution in [2.24, 2.45) is 0 Å². The molecule has 10 aromatic rings. The Labute approximate surface area is 310 Å². The first-order chi connectivity index (χ1) is 26.0. The van der Waals surface area contributed by atoms with E-state index in [4.69, 9.17) is 9.97 Å². The average molecular weight is 697 g/mol. The Hall–Kier alpha value is -6.30. The highest BCUT2D eigenvalue weighted by Gasteiger charge is 2.37. The first-order valence-electron chi connectivity index (χ1n) is 18.0. The molecule has 4 aromatic heterocycles. The number of para-hydroxylation sites is 1. The number of fused-ring (bicyclic) bond motifs is 12. The van der Waals surface area contributed by atoms with Crippen molar-refractivity contribution in [3.8, 4) is 28.3 Å². The summed E-state index contributed by atoms with van der Waals surface area (Å²) in [7, 11) is 0. The number of hydrogen-bond donors (Lipinski definition) is 0. The minimum Gasteiger partial charge on any atom is -0.293 e. The van der Waals surface area contributed by atoms with E-state index in [1.54, 1.807) is 0 Å². The van der Waals surface area contributed by atoms with Crippen LogP contribution in [0.3, 0.4) is 0 Å². The van der Waals surface area contributed by atoms with E-state index in [9.17, 15) is 0 Å². The molecular weight excluding hydrogens is 665 g/mol. The van der Waals surface area contributed by atoms with Crippen molar-refractivity contribution in [1.29, 1.82) is 0 Å². The minimum atomic E-state index is -0.192. The summed E-state index contributed by atoms with van der Waals surface area (Å²) in [4.78, 5) is 17.7. The number of pyridine rings is 3. The summed E-state index contributed by atoms with van der Waals surface area (Å²) in [6, 6.07) is 52.0. The van der Waals surface area contributed by atoms with E-state index in [-0.39, 0.29) is 5.41 Å². The van der Waals surface area contributed by atoms with Gasteiger partial charge in [-0.05, 0) is 69.8 Å². The molecule has 0 aliphatic carbocycles. The van der Waals surface area contributed by atoms with E-state index in [1.807, 2.05) is 42.4 Å². The molecule has 250 valence electrons. The molecule has 1 aliphatic heterocycles. The maximum Gasteiger partial charge on any atom is 0.138 e. The zero-order valence-electron chi connectivity index (χ0n) is 29.2. The van der Waals surface area contributed by atoms with Gasteiger partial charge in [-0.1, -0.05) is 129 Å². The minimum absolute atomic E-state index is 0.192. The maximum atomic E-state index is 5.27. The van der Waals surface area contributed by atoms with Crippen LogP contribution in [0.15, 0.2) is 168 Å². The van der Waals surface area contributed by atoms with Crippen LogP contribution in [0.4, 0.5) is 0 Å². The van der Waals surface area contributed by atoms with Crippen molar-refractivity contribution in [2.75, 3.05) is 0 Å². The molecule has 0 fully saturated rings. The second kappa shape index (κ2) is 11.3. The zero-order chi connectivity index (χ0) is 35.3. The molecule has 0 unspecified atom stereocenters.